The van der Waals surface area contributed by atoms with Crippen LogP contribution in [0.2, 0.25) is 5.02 Å². The summed E-state index contributed by atoms with van der Waals surface area (Å²) in [6.45, 7) is 4.42. The molecule has 0 spiro atoms. The summed E-state index contributed by atoms with van der Waals surface area (Å²) in [7, 11) is 0. The number of carbonyl (C=O) groups excluding carboxylic acids is 1. The van der Waals surface area contributed by atoms with Crippen LogP contribution in [0.1, 0.15) is 29.8 Å². The average molecular weight is 273 g/mol. The maximum atomic E-state index is 10.9. The van der Waals surface area contributed by atoms with Crippen molar-refractivity contribution in [2.45, 2.75) is 20.3 Å². The van der Waals surface area contributed by atoms with Gasteiger partial charge in [-0.2, -0.15) is 0 Å². The molecule has 0 aliphatic carbocycles. The molecule has 0 aromatic heterocycles. The maximum absolute atomic E-state index is 10.9. The van der Waals surface area contributed by atoms with E-state index in [1.54, 1.807) is 6.07 Å². The van der Waals surface area contributed by atoms with E-state index in [0.717, 1.165) is 23.8 Å². The Labute approximate surface area is 119 Å². The van der Waals surface area contributed by atoms with Crippen LogP contribution in [0, 0.1) is 5.92 Å². The van der Waals surface area contributed by atoms with Gasteiger partial charge in [0.25, 0.3) is 0 Å². The van der Waals surface area contributed by atoms with E-state index in [0.29, 0.717) is 16.5 Å². The summed E-state index contributed by atoms with van der Waals surface area (Å²) in [5.74, 6) is 0.656. The van der Waals surface area contributed by atoms with Gasteiger partial charge in [0.2, 0.25) is 0 Å². The quantitative estimate of drug-likeness (QED) is 0.715. The Bertz CT molecular complexity index is 570. The summed E-state index contributed by atoms with van der Waals surface area (Å²) in [6.07, 6.45) is 1.87. The third kappa shape index (κ3) is 3.45. The lowest BCUT2D eigenvalue weighted by atomic mass is 9.98. The zero-order valence-corrected chi connectivity index (χ0v) is 11.9. The van der Waals surface area contributed by atoms with Crippen molar-refractivity contribution in [1.82, 2.24) is 0 Å². The Hall–Kier alpha value is -1.60. The average Bonchev–Trinajstić information content (AvgIpc) is 2.40. The molecule has 0 aliphatic heterocycles. The van der Waals surface area contributed by atoms with Crippen LogP contribution in [0.15, 0.2) is 42.5 Å². The maximum Gasteiger partial charge on any atom is 0.151 e. The molecule has 0 saturated heterocycles. The fourth-order valence-electron chi connectivity index (χ4n) is 2.12. The van der Waals surface area contributed by atoms with Gasteiger partial charge in [0, 0.05) is 5.56 Å². The highest BCUT2D eigenvalue weighted by molar-refractivity contribution is 6.33. The first kappa shape index (κ1) is 13.8. The third-order valence-corrected chi connectivity index (χ3v) is 3.40. The van der Waals surface area contributed by atoms with E-state index in [4.69, 9.17) is 11.6 Å². The van der Waals surface area contributed by atoms with E-state index in [1.807, 2.05) is 12.1 Å². The fourth-order valence-corrected chi connectivity index (χ4v) is 2.28. The topological polar surface area (TPSA) is 17.1 Å². The van der Waals surface area contributed by atoms with Crippen LogP contribution < -0.4 is 0 Å². The van der Waals surface area contributed by atoms with Crippen LogP contribution in [0.3, 0.4) is 0 Å². The highest BCUT2D eigenvalue weighted by Gasteiger charge is 2.04. The first-order valence-corrected chi connectivity index (χ1v) is 6.82. The van der Waals surface area contributed by atoms with E-state index in [9.17, 15) is 4.79 Å². The molecular formula is C17H17ClO. The zero-order valence-electron chi connectivity index (χ0n) is 11.2. The molecule has 0 atom stereocenters. The zero-order chi connectivity index (χ0) is 13.8. The molecule has 2 aromatic rings. The molecule has 0 saturated carbocycles. The van der Waals surface area contributed by atoms with Gasteiger partial charge >= 0.3 is 0 Å². The van der Waals surface area contributed by atoms with Crippen molar-refractivity contribution in [2.75, 3.05) is 0 Å². The smallest absolute Gasteiger partial charge is 0.151 e. The number of rotatable bonds is 4. The Morgan fingerprint density at radius 3 is 2.26 bits per heavy atom. The predicted octanol–water partition coefficient (Wildman–Crippen LogP) is 5.02. The minimum atomic E-state index is 0.496. The second kappa shape index (κ2) is 6.03. The van der Waals surface area contributed by atoms with Crippen LogP contribution in [0.4, 0.5) is 0 Å². The highest BCUT2D eigenvalue weighted by Crippen LogP contribution is 2.25. The highest BCUT2D eigenvalue weighted by atomic mass is 35.5. The number of carbonyl (C=O) groups is 1. The van der Waals surface area contributed by atoms with Crippen molar-refractivity contribution in [3.05, 3.63) is 58.6 Å². The molecule has 98 valence electrons. The first-order chi connectivity index (χ1) is 9.10. The summed E-state index contributed by atoms with van der Waals surface area (Å²) in [4.78, 5) is 10.9. The third-order valence-electron chi connectivity index (χ3n) is 3.05. The summed E-state index contributed by atoms with van der Waals surface area (Å²) < 4.78 is 0. The van der Waals surface area contributed by atoms with Crippen molar-refractivity contribution in [2.24, 2.45) is 5.92 Å². The van der Waals surface area contributed by atoms with E-state index in [2.05, 4.69) is 38.1 Å². The molecule has 0 fully saturated rings. The molecule has 0 unspecified atom stereocenters. The predicted molar refractivity (Wildman–Crippen MR) is 80.8 cm³/mol. The molecule has 0 radical (unpaired) electrons. The van der Waals surface area contributed by atoms with E-state index in [1.165, 1.54) is 5.56 Å². The molecule has 2 aromatic carbocycles. The van der Waals surface area contributed by atoms with E-state index >= 15 is 0 Å². The second-order valence-electron chi connectivity index (χ2n) is 5.15. The Kier molecular flexibility index (Phi) is 4.39. The number of hydrogen-bond donors (Lipinski definition) is 0. The molecule has 1 nitrogen and oxygen atoms in total. The van der Waals surface area contributed by atoms with Crippen molar-refractivity contribution in [3.8, 4) is 11.1 Å². The molecule has 2 heteroatoms. The van der Waals surface area contributed by atoms with Gasteiger partial charge in [-0.3, -0.25) is 4.79 Å². The lowest BCUT2D eigenvalue weighted by Crippen LogP contribution is -1.93. The van der Waals surface area contributed by atoms with Gasteiger partial charge < -0.3 is 0 Å². The lowest BCUT2D eigenvalue weighted by Gasteiger charge is -2.07. The second-order valence-corrected chi connectivity index (χ2v) is 5.56. The first-order valence-electron chi connectivity index (χ1n) is 6.44. The van der Waals surface area contributed by atoms with Gasteiger partial charge in [0.15, 0.2) is 6.29 Å². The molecule has 19 heavy (non-hydrogen) atoms. The Morgan fingerprint density at radius 1 is 1.05 bits per heavy atom. The molecule has 2 rings (SSSR count). The number of benzene rings is 2. The molecule has 0 heterocycles. The standard InChI is InChI=1S/C17H17ClO/c1-12(2)9-13-3-5-14(6-4-13)15-7-8-17(18)16(10-15)11-19/h3-8,10-12H,9H2,1-2H3. The van der Waals surface area contributed by atoms with Gasteiger partial charge in [0.05, 0.1) is 5.02 Å². The summed E-state index contributed by atoms with van der Waals surface area (Å²) in [6, 6.07) is 14.0. The summed E-state index contributed by atoms with van der Waals surface area (Å²) in [5.41, 5.74) is 3.99. The normalized spacial score (nSPS) is 10.7. The summed E-state index contributed by atoms with van der Waals surface area (Å²) >= 11 is 5.94. The minimum absolute atomic E-state index is 0.496. The van der Waals surface area contributed by atoms with Crippen LogP contribution in [-0.4, -0.2) is 6.29 Å². The molecule has 0 aliphatic rings. The molecular weight excluding hydrogens is 256 g/mol. The van der Waals surface area contributed by atoms with Gasteiger partial charge in [-0.05, 0) is 41.2 Å². The van der Waals surface area contributed by atoms with Gasteiger partial charge in [-0.25, -0.2) is 0 Å². The van der Waals surface area contributed by atoms with Crippen LogP contribution >= 0.6 is 11.6 Å². The number of halogens is 1. The molecule has 0 amide bonds. The van der Waals surface area contributed by atoms with Crippen LogP contribution in [0.5, 0.6) is 0 Å². The Morgan fingerprint density at radius 2 is 1.68 bits per heavy atom. The van der Waals surface area contributed by atoms with Crippen LogP contribution in [0.25, 0.3) is 11.1 Å². The number of aldehydes is 1. The van der Waals surface area contributed by atoms with Gasteiger partial charge in [0.1, 0.15) is 0 Å². The van der Waals surface area contributed by atoms with Crippen LogP contribution in [-0.2, 0) is 6.42 Å². The Balaban J connectivity index is 2.29. The van der Waals surface area contributed by atoms with Gasteiger partial charge in [-0.15, -0.1) is 0 Å². The summed E-state index contributed by atoms with van der Waals surface area (Å²) in [5, 5.41) is 0.496. The van der Waals surface area contributed by atoms with Crippen molar-refractivity contribution in [1.29, 1.82) is 0 Å². The van der Waals surface area contributed by atoms with E-state index in [-0.39, 0.29) is 0 Å². The van der Waals surface area contributed by atoms with E-state index < -0.39 is 0 Å². The molecule has 0 bridgehead atoms. The van der Waals surface area contributed by atoms with Crippen molar-refractivity contribution >= 4 is 17.9 Å². The van der Waals surface area contributed by atoms with Crippen molar-refractivity contribution < 1.29 is 4.79 Å². The SMILES string of the molecule is CC(C)Cc1ccc(-c2ccc(Cl)c(C=O)c2)cc1. The van der Waals surface area contributed by atoms with Crippen molar-refractivity contribution in [3.63, 3.8) is 0 Å². The fraction of sp³-hybridized carbons (Fsp3) is 0.235. The lowest BCUT2D eigenvalue weighted by molar-refractivity contribution is 0.112. The molecule has 0 N–H and O–H groups in total. The largest absolute Gasteiger partial charge is 0.298 e. The minimum Gasteiger partial charge on any atom is -0.298 e. The number of hydrogen-bond acceptors (Lipinski definition) is 1. The van der Waals surface area contributed by atoms with Gasteiger partial charge in [-0.1, -0.05) is 55.8 Å². The monoisotopic (exact) mass is 272 g/mol.